The van der Waals surface area contributed by atoms with Crippen molar-refractivity contribution in [2.75, 3.05) is 19.8 Å². The Morgan fingerprint density at radius 3 is 2.70 bits per heavy atom. The van der Waals surface area contributed by atoms with Gasteiger partial charge in [-0.05, 0) is 24.6 Å². The maximum absolute atomic E-state index is 11.8. The summed E-state index contributed by atoms with van der Waals surface area (Å²) in [4.78, 5) is 24.9. The SMILES string of the molecule is CC(c1cccc(C#CCN)c1)N1C(=O)COCC1=O. The molecule has 0 aromatic heterocycles. The van der Waals surface area contributed by atoms with Crippen molar-refractivity contribution >= 4 is 11.8 Å². The molecule has 2 amide bonds. The van der Waals surface area contributed by atoms with Gasteiger partial charge in [-0.3, -0.25) is 14.5 Å². The molecule has 1 aliphatic heterocycles. The van der Waals surface area contributed by atoms with Gasteiger partial charge in [-0.1, -0.05) is 24.0 Å². The van der Waals surface area contributed by atoms with E-state index in [9.17, 15) is 9.59 Å². The Labute approximate surface area is 117 Å². The lowest BCUT2D eigenvalue weighted by atomic mass is 10.0. The Kier molecular flexibility index (Phi) is 4.51. The van der Waals surface area contributed by atoms with Crippen LogP contribution in [0.5, 0.6) is 0 Å². The summed E-state index contributed by atoms with van der Waals surface area (Å²) in [6, 6.07) is 7.11. The average molecular weight is 272 g/mol. The molecular formula is C15H16N2O3. The molecular weight excluding hydrogens is 256 g/mol. The fourth-order valence-electron chi connectivity index (χ4n) is 2.11. The molecule has 1 unspecified atom stereocenters. The number of ether oxygens (including phenoxy) is 1. The van der Waals surface area contributed by atoms with Crippen LogP contribution in [0, 0.1) is 11.8 Å². The quantitative estimate of drug-likeness (QED) is 0.626. The molecule has 5 heteroatoms. The summed E-state index contributed by atoms with van der Waals surface area (Å²) in [7, 11) is 0. The predicted molar refractivity (Wildman–Crippen MR) is 73.5 cm³/mol. The second kappa shape index (κ2) is 6.33. The Hall–Kier alpha value is -2.16. The molecule has 104 valence electrons. The minimum absolute atomic E-state index is 0.0528. The summed E-state index contributed by atoms with van der Waals surface area (Å²) in [5, 5.41) is 0. The number of hydrogen-bond acceptors (Lipinski definition) is 4. The number of rotatable bonds is 2. The molecule has 1 aromatic carbocycles. The molecule has 2 N–H and O–H groups in total. The van der Waals surface area contributed by atoms with Gasteiger partial charge in [-0.15, -0.1) is 0 Å². The average Bonchev–Trinajstić information content (AvgIpc) is 2.45. The third-order valence-electron chi connectivity index (χ3n) is 3.08. The first-order chi connectivity index (χ1) is 9.63. The summed E-state index contributed by atoms with van der Waals surface area (Å²) in [5.74, 6) is 5.09. The summed E-state index contributed by atoms with van der Waals surface area (Å²) < 4.78 is 4.91. The van der Waals surface area contributed by atoms with Gasteiger partial charge in [0.15, 0.2) is 0 Å². The van der Waals surface area contributed by atoms with Crippen LogP contribution in [0.2, 0.25) is 0 Å². The molecule has 0 radical (unpaired) electrons. The van der Waals surface area contributed by atoms with Crippen molar-refractivity contribution in [2.24, 2.45) is 5.73 Å². The number of carbonyl (C=O) groups excluding carboxylic acids is 2. The van der Waals surface area contributed by atoms with Gasteiger partial charge in [-0.25, -0.2) is 0 Å². The summed E-state index contributed by atoms with van der Waals surface area (Å²) in [5.41, 5.74) is 7.01. The number of morpholine rings is 1. The number of benzene rings is 1. The van der Waals surface area contributed by atoms with Crippen molar-refractivity contribution in [3.05, 3.63) is 35.4 Å². The summed E-state index contributed by atoms with van der Waals surface area (Å²) in [6.07, 6.45) is 0. The molecule has 1 saturated heterocycles. The highest BCUT2D eigenvalue weighted by molar-refractivity contribution is 5.98. The lowest BCUT2D eigenvalue weighted by Crippen LogP contribution is -2.47. The largest absolute Gasteiger partial charge is 0.362 e. The first-order valence-corrected chi connectivity index (χ1v) is 6.35. The van der Waals surface area contributed by atoms with Crippen LogP contribution < -0.4 is 5.73 Å². The summed E-state index contributed by atoms with van der Waals surface area (Å²) >= 11 is 0. The van der Waals surface area contributed by atoms with Crippen LogP contribution in [0.1, 0.15) is 24.1 Å². The van der Waals surface area contributed by atoms with Crippen LogP contribution in [0.3, 0.4) is 0 Å². The van der Waals surface area contributed by atoms with E-state index in [1.165, 1.54) is 4.90 Å². The van der Waals surface area contributed by atoms with Gasteiger partial charge in [0, 0.05) is 5.56 Å². The minimum Gasteiger partial charge on any atom is -0.362 e. The molecule has 2 rings (SSSR count). The minimum atomic E-state index is -0.335. The lowest BCUT2D eigenvalue weighted by molar-refractivity contribution is -0.161. The van der Waals surface area contributed by atoms with Gasteiger partial charge in [0.05, 0.1) is 12.6 Å². The van der Waals surface area contributed by atoms with Crippen LogP contribution in [0.4, 0.5) is 0 Å². The fourth-order valence-corrected chi connectivity index (χ4v) is 2.11. The maximum atomic E-state index is 11.8. The second-order valence-corrected chi connectivity index (χ2v) is 4.46. The highest BCUT2D eigenvalue weighted by atomic mass is 16.5. The molecule has 1 aliphatic rings. The Bertz CT molecular complexity index is 570. The van der Waals surface area contributed by atoms with Crippen molar-refractivity contribution in [1.29, 1.82) is 0 Å². The highest BCUT2D eigenvalue weighted by Gasteiger charge is 2.31. The van der Waals surface area contributed by atoms with E-state index in [0.717, 1.165) is 11.1 Å². The van der Waals surface area contributed by atoms with Crippen LogP contribution in [-0.2, 0) is 14.3 Å². The van der Waals surface area contributed by atoms with Crippen LogP contribution in [0.25, 0.3) is 0 Å². The van der Waals surface area contributed by atoms with Gasteiger partial charge >= 0.3 is 0 Å². The second-order valence-electron chi connectivity index (χ2n) is 4.46. The Morgan fingerprint density at radius 2 is 2.05 bits per heavy atom. The molecule has 0 saturated carbocycles. The summed E-state index contributed by atoms with van der Waals surface area (Å²) in [6.45, 7) is 2.00. The number of nitrogens with zero attached hydrogens (tertiary/aromatic N) is 1. The Balaban J connectivity index is 2.26. The van der Waals surface area contributed by atoms with Crippen molar-refractivity contribution < 1.29 is 14.3 Å². The van der Waals surface area contributed by atoms with Crippen molar-refractivity contribution in [2.45, 2.75) is 13.0 Å². The van der Waals surface area contributed by atoms with E-state index in [-0.39, 0.29) is 31.1 Å². The van der Waals surface area contributed by atoms with E-state index >= 15 is 0 Å². The van der Waals surface area contributed by atoms with E-state index < -0.39 is 0 Å². The number of amides is 2. The van der Waals surface area contributed by atoms with Crippen molar-refractivity contribution in [1.82, 2.24) is 4.90 Å². The molecule has 5 nitrogen and oxygen atoms in total. The van der Waals surface area contributed by atoms with Gasteiger partial charge in [-0.2, -0.15) is 0 Å². The third-order valence-corrected chi connectivity index (χ3v) is 3.08. The molecule has 1 atom stereocenters. The maximum Gasteiger partial charge on any atom is 0.255 e. The van der Waals surface area contributed by atoms with E-state index in [1.54, 1.807) is 0 Å². The third kappa shape index (κ3) is 3.05. The molecule has 1 heterocycles. The molecule has 20 heavy (non-hydrogen) atoms. The van der Waals surface area contributed by atoms with E-state index in [1.807, 2.05) is 31.2 Å². The topological polar surface area (TPSA) is 72.6 Å². The number of imide groups is 1. The fraction of sp³-hybridized carbons (Fsp3) is 0.333. The van der Waals surface area contributed by atoms with Gasteiger partial charge < -0.3 is 10.5 Å². The van der Waals surface area contributed by atoms with Gasteiger partial charge in [0.25, 0.3) is 11.8 Å². The normalized spacial score (nSPS) is 16.6. The zero-order valence-electron chi connectivity index (χ0n) is 11.3. The molecule has 0 aliphatic carbocycles. The smallest absolute Gasteiger partial charge is 0.255 e. The molecule has 0 spiro atoms. The molecule has 1 aromatic rings. The number of carbonyl (C=O) groups is 2. The molecule has 0 bridgehead atoms. The zero-order chi connectivity index (χ0) is 14.5. The van der Waals surface area contributed by atoms with Gasteiger partial charge in [0.2, 0.25) is 0 Å². The standard InChI is InChI=1S/C15H16N2O3/c1-11(17-14(18)9-20-10-15(17)19)13-6-2-4-12(8-13)5-3-7-16/h2,4,6,8,11H,7,9-10,16H2,1H3. The van der Waals surface area contributed by atoms with E-state index in [4.69, 9.17) is 10.5 Å². The van der Waals surface area contributed by atoms with E-state index in [0.29, 0.717) is 6.54 Å². The molecule has 1 fully saturated rings. The first kappa shape index (κ1) is 14.3. The van der Waals surface area contributed by atoms with Crippen molar-refractivity contribution in [3.63, 3.8) is 0 Å². The first-order valence-electron chi connectivity index (χ1n) is 6.35. The van der Waals surface area contributed by atoms with Gasteiger partial charge in [0.1, 0.15) is 13.2 Å². The Morgan fingerprint density at radius 1 is 1.35 bits per heavy atom. The monoisotopic (exact) mass is 272 g/mol. The van der Waals surface area contributed by atoms with Crippen LogP contribution in [-0.4, -0.2) is 36.5 Å². The van der Waals surface area contributed by atoms with Crippen LogP contribution in [0.15, 0.2) is 24.3 Å². The zero-order valence-corrected chi connectivity index (χ0v) is 11.3. The number of hydrogen-bond donors (Lipinski definition) is 1. The highest BCUT2D eigenvalue weighted by Crippen LogP contribution is 2.23. The predicted octanol–water partition coefficient (Wildman–Crippen LogP) is 0.443. The lowest BCUT2D eigenvalue weighted by Gasteiger charge is -2.30. The van der Waals surface area contributed by atoms with Crippen molar-refractivity contribution in [3.8, 4) is 11.8 Å². The van der Waals surface area contributed by atoms with Crippen LogP contribution >= 0.6 is 0 Å². The number of nitrogens with two attached hydrogens (primary N) is 1. The van der Waals surface area contributed by atoms with E-state index in [2.05, 4.69) is 11.8 Å².